The van der Waals surface area contributed by atoms with Gasteiger partial charge >= 0.3 is 0 Å². The van der Waals surface area contributed by atoms with Gasteiger partial charge in [-0.2, -0.15) is 0 Å². The molecule has 3 aromatic carbocycles. The maximum absolute atomic E-state index is 10.5. The Kier molecular flexibility index (Phi) is 16.3. The molecule has 3 aromatic rings. The number of nitrogens with one attached hydrogen (secondary N) is 1. The molecule has 14 N–H and O–H groups in total. The normalized spacial score (nSPS) is 9.24. The highest BCUT2D eigenvalue weighted by Crippen LogP contribution is 2.15. The fourth-order valence-electron chi connectivity index (χ4n) is 2.38. The zero-order valence-electron chi connectivity index (χ0n) is 20.2. The van der Waals surface area contributed by atoms with Crippen molar-refractivity contribution in [3.63, 3.8) is 0 Å². The molecule has 3 rings (SSSR count). The van der Waals surface area contributed by atoms with Gasteiger partial charge in [-0.3, -0.25) is 14.4 Å². The van der Waals surface area contributed by atoms with Crippen LogP contribution in [0.4, 0.5) is 0 Å². The molecule has 0 radical (unpaired) electrons. The summed E-state index contributed by atoms with van der Waals surface area (Å²) in [5.74, 6) is -2.06. The van der Waals surface area contributed by atoms with Crippen molar-refractivity contribution in [1.82, 2.24) is 5.32 Å². The maximum atomic E-state index is 10.5. The van der Waals surface area contributed by atoms with Crippen LogP contribution < -0.4 is 34.0 Å². The van der Waals surface area contributed by atoms with Crippen LogP contribution in [0.25, 0.3) is 0 Å². The molecule has 12 heteroatoms. The van der Waals surface area contributed by atoms with E-state index in [0.717, 1.165) is 13.1 Å². The zero-order chi connectivity index (χ0) is 28.2. The summed E-state index contributed by atoms with van der Waals surface area (Å²) in [5, 5.41) is 30.0. The third kappa shape index (κ3) is 13.7. The van der Waals surface area contributed by atoms with Crippen LogP contribution in [0.1, 0.15) is 31.1 Å². The molecule has 0 fully saturated rings. The summed E-state index contributed by atoms with van der Waals surface area (Å²) in [7, 11) is 0. The van der Waals surface area contributed by atoms with Crippen LogP contribution >= 0.6 is 0 Å². The number of carbonyl (C=O) groups is 3. The summed E-state index contributed by atoms with van der Waals surface area (Å²) in [6, 6.07) is 18.5. The van der Waals surface area contributed by atoms with Gasteiger partial charge in [0.1, 0.15) is 17.2 Å². The molecule has 200 valence electrons. The predicted octanol–water partition coefficient (Wildman–Crippen LogP) is -0.0333. The van der Waals surface area contributed by atoms with Crippen molar-refractivity contribution in [2.45, 2.75) is 0 Å². The first kappa shape index (κ1) is 32.4. The molecular weight excluding hydrogens is 480 g/mol. The molecule has 0 heterocycles. The van der Waals surface area contributed by atoms with Crippen LogP contribution in [0.15, 0.2) is 72.8 Å². The standard InChI is InChI=1S/3C7H7NO2.C4H13N3/c3*8-7(10)5-3-1-2-4-6(5)9;5-1-3-7-4-2-6/h3*1-4,9H,(H2,8,10);7H,1-6H2. The molecule has 0 saturated carbocycles. The highest BCUT2D eigenvalue weighted by molar-refractivity contribution is 5.96. The third-order valence-electron chi connectivity index (χ3n) is 4.15. The van der Waals surface area contributed by atoms with Crippen molar-refractivity contribution in [2.75, 3.05) is 26.2 Å². The fourth-order valence-corrected chi connectivity index (χ4v) is 2.38. The first-order chi connectivity index (χ1) is 17.6. The minimum Gasteiger partial charge on any atom is -0.507 e. The SMILES string of the molecule is NC(=O)c1ccccc1O.NC(=O)c1ccccc1O.NC(=O)c1ccccc1O.NCCNCCN. The van der Waals surface area contributed by atoms with Crippen molar-refractivity contribution in [3.8, 4) is 17.2 Å². The largest absolute Gasteiger partial charge is 0.507 e. The topological polar surface area (TPSA) is 254 Å². The molecule has 0 aromatic heterocycles. The summed E-state index contributed by atoms with van der Waals surface area (Å²) in [5.41, 5.74) is 25.5. The molecule has 37 heavy (non-hydrogen) atoms. The summed E-state index contributed by atoms with van der Waals surface area (Å²) < 4.78 is 0. The zero-order valence-corrected chi connectivity index (χ0v) is 20.2. The Labute approximate surface area is 214 Å². The Morgan fingerprint density at radius 3 is 0.946 bits per heavy atom. The molecule has 0 aliphatic carbocycles. The fraction of sp³-hybridized carbons (Fsp3) is 0.160. The van der Waals surface area contributed by atoms with Gasteiger partial charge in [-0.1, -0.05) is 36.4 Å². The summed E-state index contributed by atoms with van der Waals surface area (Å²) in [6.45, 7) is 3.13. The van der Waals surface area contributed by atoms with Gasteiger partial charge < -0.3 is 49.3 Å². The van der Waals surface area contributed by atoms with E-state index in [-0.39, 0.29) is 33.9 Å². The monoisotopic (exact) mass is 514 g/mol. The van der Waals surface area contributed by atoms with Crippen LogP contribution in [0.5, 0.6) is 17.2 Å². The first-order valence-corrected chi connectivity index (χ1v) is 10.9. The van der Waals surface area contributed by atoms with Crippen molar-refractivity contribution < 1.29 is 29.7 Å². The first-order valence-electron chi connectivity index (χ1n) is 10.9. The van der Waals surface area contributed by atoms with Gasteiger partial charge in [0.2, 0.25) is 0 Å². The lowest BCUT2D eigenvalue weighted by Crippen LogP contribution is -2.27. The second kappa shape index (κ2) is 18.6. The second-order valence-corrected chi connectivity index (χ2v) is 6.97. The van der Waals surface area contributed by atoms with Crippen molar-refractivity contribution >= 4 is 17.7 Å². The highest BCUT2D eigenvalue weighted by Gasteiger charge is 2.04. The lowest BCUT2D eigenvalue weighted by Gasteiger charge is -1.96. The molecular formula is C25H34N6O6. The molecule has 0 aliphatic rings. The number of aromatic hydroxyl groups is 3. The van der Waals surface area contributed by atoms with E-state index in [2.05, 4.69) is 5.32 Å². The van der Waals surface area contributed by atoms with Crippen LogP contribution in [0.2, 0.25) is 0 Å². The number of amides is 3. The molecule has 0 aliphatic heterocycles. The Morgan fingerprint density at radius 2 is 0.784 bits per heavy atom. The van der Waals surface area contributed by atoms with Gasteiger partial charge in [0, 0.05) is 26.2 Å². The molecule has 12 nitrogen and oxygen atoms in total. The van der Waals surface area contributed by atoms with E-state index < -0.39 is 17.7 Å². The van der Waals surface area contributed by atoms with E-state index in [4.69, 9.17) is 44.0 Å². The maximum Gasteiger partial charge on any atom is 0.252 e. The molecule has 3 amide bonds. The quantitative estimate of drug-likeness (QED) is 0.191. The van der Waals surface area contributed by atoms with E-state index in [0.29, 0.717) is 13.1 Å². The molecule has 0 unspecified atom stereocenters. The van der Waals surface area contributed by atoms with Crippen LogP contribution in [0, 0.1) is 0 Å². The van der Waals surface area contributed by atoms with Gasteiger partial charge in [0.05, 0.1) is 16.7 Å². The highest BCUT2D eigenvalue weighted by atomic mass is 16.3. The number of primary amides is 3. The van der Waals surface area contributed by atoms with E-state index in [1.807, 2.05) is 0 Å². The van der Waals surface area contributed by atoms with E-state index in [1.165, 1.54) is 36.4 Å². The Bertz CT molecular complexity index is 990. The van der Waals surface area contributed by atoms with Crippen LogP contribution in [-0.2, 0) is 0 Å². The second-order valence-electron chi connectivity index (χ2n) is 6.97. The number of phenols is 3. The smallest absolute Gasteiger partial charge is 0.252 e. The number of nitrogens with two attached hydrogens (primary N) is 5. The molecule has 0 bridgehead atoms. The summed E-state index contributed by atoms with van der Waals surface area (Å²) in [6.07, 6.45) is 0. The van der Waals surface area contributed by atoms with Crippen molar-refractivity contribution in [3.05, 3.63) is 89.5 Å². The molecule has 0 saturated heterocycles. The van der Waals surface area contributed by atoms with Gasteiger partial charge in [-0.25, -0.2) is 0 Å². The Hall–Kier alpha value is -4.65. The average molecular weight is 515 g/mol. The van der Waals surface area contributed by atoms with E-state index in [1.54, 1.807) is 36.4 Å². The third-order valence-corrected chi connectivity index (χ3v) is 4.15. The van der Waals surface area contributed by atoms with Crippen LogP contribution in [0.3, 0.4) is 0 Å². The van der Waals surface area contributed by atoms with Gasteiger partial charge in [0.25, 0.3) is 17.7 Å². The van der Waals surface area contributed by atoms with Crippen molar-refractivity contribution in [2.24, 2.45) is 28.7 Å². The number of rotatable bonds is 7. The number of hydrogen-bond acceptors (Lipinski definition) is 9. The number of carbonyl (C=O) groups excluding carboxylic acids is 3. The molecule has 0 atom stereocenters. The average Bonchev–Trinajstić information content (AvgIpc) is 2.86. The Morgan fingerprint density at radius 1 is 0.541 bits per heavy atom. The Balaban J connectivity index is 0.000000472. The number of benzene rings is 3. The van der Waals surface area contributed by atoms with Gasteiger partial charge in [-0.15, -0.1) is 0 Å². The number of para-hydroxylation sites is 3. The van der Waals surface area contributed by atoms with E-state index >= 15 is 0 Å². The molecule has 0 spiro atoms. The minimum atomic E-state index is -0.613. The van der Waals surface area contributed by atoms with Crippen LogP contribution in [-0.4, -0.2) is 59.2 Å². The predicted molar refractivity (Wildman–Crippen MR) is 141 cm³/mol. The lowest BCUT2D eigenvalue weighted by molar-refractivity contribution is 0.0989. The van der Waals surface area contributed by atoms with E-state index in [9.17, 15) is 14.4 Å². The minimum absolute atomic E-state index is 0.0741. The lowest BCUT2D eigenvalue weighted by atomic mass is 10.2. The van der Waals surface area contributed by atoms with Crippen molar-refractivity contribution in [1.29, 1.82) is 0 Å². The summed E-state index contributed by atoms with van der Waals surface area (Å²) in [4.78, 5) is 31.5. The van der Waals surface area contributed by atoms with Gasteiger partial charge in [-0.05, 0) is 36.4 Å². The summed E-state index contributed by atoms with van der Waals surface area (Å²) >= 11 is 0. The number of hydrogen-bond donors (Lipinski definition) is 9. The van der Waals surface area contributed by atoms with Gasteiger partial charge in [0.15, 0.2) is 0 Å².